The molecule has 1 aliphatic carbocycles. The van der Waals surface area contributed by atoms with Crippen molar-refractivity contribution in [1.29, 1.82) is 5.41 Å². The van der Waals surface area contributed by atoms with Gasteiger partial charge in [-0.3, -0.25) is 5.41 Å². The van der Waals surface area contributed by atoms with Crippen LogP contribution in [-0.4, -0.2) is 23.5 Å². The van der Waals surface area contributed by atoms with Gasteiger partial charge in [0.15, 0.2) is 5.90 Å². The highest BCUT2D eigenvalue weighted by Crippen LogP contribution is 2.29. The predicted molar refractivity (Wildman–Crippen MR) is 54.1 cm³/mol. The average Bonchev–Trinajstić information content (AvgIpc) is 2.53. The normalized spacial score (nSPS) is 18.1. The molecule has 2 nitrogen and oxygen atoms in total. The van der Waals surface area contributed by atoms with Crippen LogP contribution < -0.4 is 0 Å². The SMILES string of the molecule is CCOC(=N)CSC1CCCC1. The van der Waals surface area contributed by atoms with Gasteiger partial charge in [0.05, 0.1) is 12.4 Å². The Morgan fingerprint density at radius 1 is 1.50 bits per heavy atom. The predicted octanol–water partition coefficient (Wildman–Crippen LogP) is 2.68. The average molecular weight is 187 g/mol. The molecule has 0 bridgehead atoms. The Bertz CT molecular complexity index is 143. The third-order valence-electron chi connectivity index (χ3n) is 2.07. The molecule has 1 rings (SSSR count). The van der Waals surface area contributed by atoms with Gasteiger partial charge in [-0.2, -0.15) is 0 Å². The summed E-state index contributed by atoms with van der Waals surface area (Å²) < 4.78 is 5.06. The van der Waals surface area contributed by atoms with Gasteiger partial charge in [-0.1, -0.05) is 12.8 Å². The largest absolute Gasteiger partial charge is 0.481 e. The van der Waals surface area contributed by atoms with E-state index >= 15 is 0 Å². The van der Waals surface area contributed by atoms with Crippen LogP contribution in [-0.2, 0) is 4.74 Å². The van der Waals surface area contributed by atoms with E-state index in [1.807, 2.05) is 18.7 Å². The molecule has 12 heavy (non-hydrogen) atoms. The maximum Gasteiger partial charge on any atom is 0.190 e. The summed E-state index contributed by atoms with van der Waals surface area (Å²) in [6.45, 7) is 2.55. The van der Waals surface area contributed by atoms with E-state index in [-0.39, 0.29) is 0 Å². The molecular formula is C9H17NOS. The molecule has 3 heteroatoms. The second-order valence-corrected chi connectivity index (χ2v) is 4.36. The first-order chi connectivity index (χ1) is 5.83. The van der Waals surface area contributed by atoms with Crippen molar-refractivity contribution >= 4 is 17.7 Å². The van der Waals surface area contributed by atoms with Crippen molar-refractivity contribution in [3.63, 3.8) is 0 Å². The van der Waals surface area contributed by atoms with Gasteiger partial charge in [-0.15, -0.1) is 11.8 Å². The van der Waals surface area contributed by atoms with E-state index in [0.717, 1.165) is 11.0 Å². The molecule has 0 saturated heterocycles. The third kappa shape index (κ3) is 3.48. The van der Waals surface area contributed by atoms with E-state index in [4.69, 9.17) is 10.1 Å². The van der Waals surface area contributed by atoms with E-state index in [1.165, 1.54) is 25.7 Å². The summed E-state index contributed by atoms with van der Waals surface area (Å²) in [6.07, 6.45) is 5.42. The number of ether oxygens (including phenoxy) is 1. The Labute approximate surface area is 78.6 Å². The quantitative estimate of drug-likeness (QED) is 0.542. The molecule has 1 N–H and O–H groups in total. The molecule has 0 aromatic rings. The molecule has 0 aromatic heterocycles. The van der Waals surface area contributed by atoms with E-state index < -0.39 is 0 Å². The van der Waals surface area contributed by atoms with Crippen molar-refractivity contribution in [3.05, 3.63) is 0 Å². The van der Waals surface area contributed by atoms with Crippen LogP contribution in [0.4, 0.5) is 0 Å². The Hall–Kier alpha value is -0.180. The molecule has 1 fully saturated rings. The molecule has 0 unspecified atom stereocenters. The topological polar surface area (TPSA) is 33.1 Å². The molecule has 0 aliphatic heterocycles. The van der Waals surface area contributed by atoms with E-state index in [1.54, 1.807) is 0 Å². The van der Waals surface area contributed by atoms with Crippen LogP contribution >= 0.6 is 11.8 Å². The summed E-state index contributed by atoms with van der Waals surface area (Å²) in [5, 5.41) is 8.21. The monoisotopic (exact) mass is 187 g/mol. The van der Waals surface area contributed by atoms with Crippen LogP contribution in [0.2, 0.25) is 0 Å². The molecule has 0 heterocycles. The van der Waals surface area contributed by atoms with Gasteiger partial charge in [0.2, 0.25) is 0 Å². The molecule has 70 valence electrons. The lowest BCUT2D eigenvalue weighted by Gasteiger charge is -2.08. The maximum atomic E-state index is 7.41. The molecule has 0 aromatic carbocycles. The lowest BCUT2D eigenvalue weighted by atomic mass is 10.4. The first-order valence-electron chi connectivity index (χ1n) is 4.64. The number of nitrogens with one attached hydrogen (secondary N) is 1. The zero-order chi connectivity index (χ0) is 8.81. The van der Waals surface area contributed by atoms with Crippen molar-refractivity contribution in [2.45, 2.75) is 37.9 Å². The molecule has 0 spiro atoms. The highest BCUT2D eigenvalue weighted by Gasteiger charge is 2.15. The summed E-state index contributed by atoms with van der Waals surface area (Å²) in [5.41, 5.74) is 0. The van der Waals surface area contributed by atoms with Crippen LogP contribution in [0.25, 0.3) is 0 Å². The number of thioether (sulfide) groups is 1. The van der Waals surface area contributed by atoms with Crippen molar-refractivity contribution in [3.8, 4) is 0 Å². The van der Waals surface area contributed by atoms with Crippen LogP contribution in [0.3, 0.4) is 0 Å². The number of hydrogen-bond acceptors (Lipinski definition) is 3. The Morgan fingerprint density at radius 3 is 2.75 bits per heavy atom. The van der Waals surface area contributed by atoms with Gasteiger partial charge in [-0.05, 0) is 19.8 Å². The smallest absolute Gasteiger partial charge is 0.190 e. The van der Waals surface area contributed by atoms with Crippen LogP contribution in [0.1, 0.15) is 32.6 Å². The zero-order valence-corrected chi connectivity index (χ0v) is 8.45. The Morgan fingerprint density at radius 2 is 2.17 bits per heavy atom. The molecule has 1 aliphatic rings. The Kier molecular flexibility index (Phi) is 4.51. The lowest BCUT2D eigenvalue weighted by molar-refractivity contribution is 0.322. The van der Waals surface area contributed by atoms with Crippen molar-refractivity contribution < 1.29 is 4.74 Å². The molecule has 0 radical (unpaired) electrons. The summed E-state index contributed by atoms with van der Waals surface area (Å²) >= 11 is 1.88. The van der Waals surface area contributed by atoms with Gasteiger partial charge in [0.1, 0.15) is 0 Å². The van der Waals surface area contributed by atoms with Crippen molar-refractivity contribution in [1.82, 2.24) is 0 Å². The molecule has 0 amide bonds. The second-order valence-electron chi connectivity index (χ2n) is 3.07. The van der Waals surface area contributed by atoms with Crippen LogP contribution in [0.5, 0.6) is 0 Å². The zero-order valence-electron chi connectivity index (χ0n) is 7.64. The van der Waals surface area contributed by atoms with E-state index in [0.29, 0.717) is 12.5 Å². The fourth-order valence-corrected chi connectivity index (χ4v) is 2.60. The van der Waals surface area contributed by atoms with E-state index in [2.05, 4.69) is 0 Å². The Balaban J connectivity index is 2.03. The highest BCUT2D eigenvalue weighted by atomic mass is 32.2. The standard InChI is InChI=1S/C9H17NOS/c1-2-11-9(10)7-12-8-5-3-4-6-8/h8,10H,2-7H2,1H3. The van der Waals surface area contributed by atoms with Gasteiger partial charge >= 0.3 is 0 Å². The first-order valence-corrected chi connectivity index (χ1v) is 5.69. The fraction of sp³-hybridized carbons (Fsp3) is 0.889. The van der Waals surface area contributed by atoms with Gasteiger partial charge < -0.3 is 4.74 Å². The maximum absolute atomic E-state index is 7.41. The number of rotatable bonds is 4. The fourth-order valence-electron chi connectivity index (χ4n) is 1.46. The minimum atomic E-state index is 0.439. The molecular weight excluding hydrogens is 170 g/mol. The lowest BCUT2D eigenvalue weighted by Crippen LogP contribution is -2.08. The van der Waals surface area contributed by atoms with Gasteiger partial charge in [0.25, 0.3) is 0 Å². The van der Waals surface area contributed by atoms with Crippen LogP contribution in [0.15, 0.2) is 0 Å². The van der Waals surface area contributed by atoms with Gasteiger partial charge in [-0.25, -0.2) is 0 Å². The summed E-state index contributed by atoms with van der Waals surface area (Å²) in [5.74, 6) is 1.20. The van der Waals surface area contributed by atoms with Crippen molar-refractivity contribution in [2.75, 3.05) is 12.4 Å². The minimum Gasteiger partial charge on any atom is -0.481 e. The first kappa shape index (κ1) is 9.90. The third-order valence-corrected chi connectivity index (χ3v) is 3.44. The van der Waals surface area contributed by atoms with E-state index in [9.17, 15) is 0 Å². The van der Waals surface area contributed by atoms with Crippen LogP contribution in [0, 0.1) is 5.41 Å². The summed E-state index contributed by atoms with van der Waals surface area (Å²) in [4.78, 5) is 0. The van der Waals surface area contributed by atoms with Crippen molar-refractivity contribution in [2.24, 2.45) is 0 Å². The number of hydrogen-bond donors (Lipinski definition) is 1. The molecule has 1 saturated carbocycles. The summed E-state index contributed by atoms with van der Waals surface area (Å²) in [7, 11) is 0. The summed E-state index contributed by atoms with van der Waals surface area (Å²) in [6, 6.07) is 0. The second kappa shape index (κ2) is 5.46. The molecule has 0 atom stereocenters. The minimum absolute atomic E-state index is 0.439. The highest BCUT2D eigenvalue weighted by molar-refractivity contribution is 8.00. The van der Waals surface area contributed by atoms with Gasteiger partial charge in [0, 0.05) is 5.25 Å².